The Labute approximate surface area is 114 Å². The van der Waals surface area contributed by atoms with Gasteiger partial charge in [-0.15, -0.1) is 0 Å². The van der Waals surface area contributed by atoms with Crippen LogP contribution in [0.4, 0.5) is 0 Å². The van der Waals surface area contributed by atoms with Crippen LogP contribution in [0.25, 0.3) is 0 Å². The summed E-state index contributed by atoms with van der Waals surface area (Å²) >= 11 is 0. The summed E-state index contributed by atoms with van der Waals surface area (Å²) in [6.07, 6.45) is 2.85. The van der Waals surface area contributed by atoms with Crippen molar-refractivity contribution in [1.82, 2.24) is 5.32 Å². The minimum absolute atomic E-state index is 0.182. The molecule has 1 rings (SSSR count). The molecule has 1 aromatic rings. The van der Waals surface area contributed by atoms with Crippen molar-refractivity contribution in [3.05, 3.63) is 29.8 Å². The van der Waals surface area contributed by atoms with E-state index in [0.29, 0.717) is 12.2 Å². The summed E-state index contributed by atoms with van der Waals surface area (Å²) < 4.78 is 5.57. The Morgan fingerprint density at radius 2 is 2.00 bits per heavy atom. The molecule has 106 valence electrons. The van der Waals surface area contributed by atoms with E-state index in [1.165, 1.54) is 12.8 Å². The molecule has 19 heavy (non-hydrogen) atoms. The molecule has 1 atom stereocenters. The molecule has 0 aliphatic rings. The zero-order valence-corrected chi connectivity index (χ0v) is 11.7. The van der Waals surface area contributed by atoms with Crippen molar-refractivity contribution >= 4 is 5.91 Å². The average Bonchev–Trinajstić information content (AvgIpc) is 2.41. The molecule has 1 unspecified atom stereocenters. The van der Waals surface area contributed by atoms with Crippen molar-refractivity contribution in [3.8, 4) is 5.75 Å². The Balaban J connectivity index is 2.40. The first-order valence-corrected chi connectivity index (χ1v) is 6.82. The monoisotopic (exact) mass is 265 g/mol. The van der Waals surface area contributed by atoms with Crippen LogP contribution in [0.3, 0.4) is 0 Å². The molecule has 1 amide bonds. The SMILES string of the molecule is CCCCCOc1ccc(C(=O)NCC(C)O)cc1. The van der Waals surface area contributed by atoms with Gasteiger partial charge in [0.1, 0.15) is 5.75 Å². The van der Waals surface area contributed by atoms with E-state index in [2.05, 4.69) is 12.2 Å². The second-order valence-corrected chi connectivity index (χ2v) is 4.64. The fourth-order valence-corrected chi connectivity index (χ4v) is 1.59. The number of carbonyl (C=O) groups is 1. The van der Waals surface area contributed by atoms with E-state index in [1.54, 1.807) is 31.2 Å². The summed E-state index contributed by atoms with van der Waals surface area (Å²) in [6, 6.07) is 7.05. The first kappa shape index (κ1) is 15.5. The van der Waals surface area contributed by atoms with Crippen molar-refractivity contribution in [1.29, 1.82) is 0 Å². The summed E-state index contributed by atoms with van der Waals surface area (Å²) in [7, 11) is 0. The molecule has 0 aliphatic heterocycles. The maximum absolute atomic E-state index is 11.7. The van der Waals surface area contributed by atoms with Gasteiger partial charge in [-0.25, -0.2) is 0 Å². The molecule has 2 N–H and O–H groups in total. The van der Waals surface area contributed by atoms with E-state index < -0.39 is 6.10 Å². The largest absolute Gasteiger partial charge is 0.494 e. The van der Waals surface area contributed by atoms with Crippen LogP contribution in [0.1, 0.15) is 43.5 Å². The number of aliphatic hydroxyl groups is 1. The number of hydrogen-bond donors (Lipinski definition) is 2. The van der Waals surface area contributed by atoms with Gasteiger partial charge in [0.25, 0.3) is 5.91 Å². The van der Waals surface area contributed by atoms with Crippen LogP contribution in [0.2, 0.25) is 0 Å². The summed E-state index contributed by atoms with van der Waals surface area (Å²) in [5, 5.41) is 11.7. The maximum atomic E-state index is 11.7. The zero-order valence-electron chi connectivity index (χ0n) is 11.7. The van der Waals surface area contributed by atoms with Gasteiger partial charge in [-0.2, -0.15) is 0 Å². The molecule has 4 nitrogen and oxygen atoms in total. The molecule has 0 saturated carbocycles. The van der Waals surface area contributed by atoms with Crippen molar-refractivity contribution in [2.24, 2.45) is 0 Å². The lowest BCUT2D eigenvalue weighted by atomic mass is 10.2. The summed E-state index contributed by atoms with van der Waals surface area (Å²) in [4.78, 5) is 11.7. The van der Waals surface area contributed by atoms with Gasteiger partial charge in [0.05, 0.1) is 12.7 Å². The lowest BCUT2D eigenvalue weighted by molar-refractivity contribution is 0.0924. The Hall–Kier alpha value is -1.55. The molecule has 0 radical (unpaired) electrons. The molecule has 0 aromatic heterocycles. The minimum atomic E-state index is -0.537. The molecular weight excluding hydrogens is 242 g/mol. The van der Waals surface area contributed by atoms with Crippen molar-refractivity contribution in [2.75, 3.05) is 13.2 Å². The van der Waals surface area contributed by atoms with Gasteiger partial charge in [0, 0.05) is 12.1 Å². The topological polar surface area (TPSA) is 58.6 Å². The number of hydrogen-bond acceptors (Lipinski definition) is 3. The number of benzene rings is 1. The number of aliphatic hydroxyl groups excluding tert-OH is 1. The molecule has 1 aromatic carbocycles. The van der Waals surface area contributed by atoms with Crippen LogP contribution < -0.4 is 10.1 Å². The van der Waals surface area contributed by atoms with Crippen LogP contribution >= 0.6 is 0 Å². The standard InChI is InChI=1S/C15H23NO3/c1-3-4-5-10-19-14-8-6-13(7-9-14)15(18)16-11-12(2)17/h6-9,12,17H,3-5,10-11H2,1-2H3,(H,16,18). The van der Waals surface area contributed by atoms with E-state index in [-0.39, 0.29) is 12.5 Å². The van der Waals surface area contributed by atoms with Gasteiger partial charge in [0.2, 0.25) is 0 Å². The van der Waals surface area contributed by atoms with Gasteiger partial charge in [-0.3, -0.25) is 4.79 Å². The molecule has 0 spiro atoms. The quantitative estimate of drug-likeness (QED) is 0.709. The second kappa shape index (κ2) is 8.53. The highest BCUT2D eigenvalue weighted by Gasteiger charge is 2.06. The van der Waals surface area contributed by atoms with Crippen LogP contribution in [-0.2, 0) is 0 Å². The molecule has 4 heteroatoms. The van der Waals surface area contributed by atoms with E-state index in [4.69, 9.17) is 9.84 Å². The fourth-order valence-electron chi connectivity index (χ4n) is 1.59. The summed E-state index contributed by atoms with van der Waals surface area (Å²) in [6.45, 7) is 4.75. The first-order valence-electron chi connectivity index (χ1n) is 6.82. The number of unbranched alkanes of at least 4 members (excludes halogenated alkanes) is 2. The van der Waals surface area contributed by atoms with Gasteiger partial charge < -0.3 is 15.2 Å². The fraction of sp³-hybridized carbons (Fsp3) is 0.533. The molecule has 0 bridgehead atoms. The number of amides is 1. The predicted octanol–water partition coefficient (Wildman–Crippen LogP) is 2.37. The Morgan fingerprint density at radius 3 is 2.58 bits per heavy atom. The molecule has 0 heterocycles. The Kier molecular flexibility index (Phi) is 6.97. The predicted molar refractivity (Wildman–Crippen MR) is 75.5 cm³/mol. The zero-order chi connectivity index (χ0) is 14.1. The highest BCUT2D eigenvalue weighted by molar-refractivity contribution is 5.94. The summed E-state index contributed by atoms with van der Waals surface area (Å²) in [5.74, 6) is 0.599. The lowest BCUT2D eigenvalue weighted by Crippen LogP contribution is -2.30. The highest BCUT2D eigenvalue weighted by atomic mass is 16.5. The summed E-state index contributed by atoms with van der Waals surface area (Å²) in [5.41, 5.74) is 0.571. The van der Waals surface area contributed by atoms with Crippen LogP contribution in [0.15, 0.2) is 24.3 Å². The van der Waals surface area contributed by atoms with E-state index in [9.17, 15) is 4.79 Å². The van der Waals surface area contributed by atoms with Gasteiger partial charge in [0.15, 0.2) is 0 Å². The molecule has 0 saturated heterocycles. The Bertz CT molecular complexity index is 373. The number of rotatable bonds is 8. The number of ether oxygens (including phenoxy) is 1. The van der Waals surface area contributed by atoms with E-state index in [0.717, 1.165) is 12.2 Å². The average molecular weight is 265 g/mol. The molecule has 0 fully saturated rings. The number of nitrogens with one attached hydrogen (secondary N) is 1. The normalized spacial score (nSPS) is 11.9. The van der Waals surface area contributed by atoms with Crippen LogP contribution in [0, 0.1) is 0 Å². The van der Waals surface area contributed by atoms with E-state index >= 15 is 0 Å². The van der Waals surface area contributed by atoms with Gasteiger partial charge in [-0.05, 0) is 37.6 Å². The van der Waals surface area contributed by atoms with Crippen LogP contribution in [-0.4, -0.2) is 30.3 Å². The lowest BCUT2D eigenvalue weighted by Gasteiger charge is -2.08. The smallest absolute Gasteiger partial charge is 0.251 e. The molecule has 0 aliphatic carbocycles. The van der Waals surface area contributed by atoms with Crippen molar-refractivity contribution in [2.45, 2.75) is 39.2 Å². The van der Waals surface area contributed by atoms with Gasteiger partial charge in [-0.1, -0.05) is 19.8 Å². The second-order valence-electron chi connectivity index (χ2n) is 4.64. The third-order valence-electron chi connectivity index (χ3n) is 2.69. The van der Waals surface area contributed by atoms with Crippen LogP contribution in [0.5, 0.6) is 5.75 Å². The molecular formula is C15H23NO3. The van der Waals surface area contributed by atoms with E-state index in [1.807, 2.05) is 0 Å². The first-order chi connectivity index (χ1) is 9.13. The van der Waals surface area contributed by atoms with Crippen molar-refractivity contribution < 1.29 is 14.6 Å². The van der Waals surface area contributed by atoms with Gasteiger partial charge >= 0.3 is 0 Å². The Morgan fingerprint density at radius 1 is 1.32 bits per heavy atom. The minimum Gasteiger partial charge on any atom is -0.494 e. The van der Waals surface area contributed by atoms with Crippen molar-refractivity contribution in [3.63, 3.8) is 0 Å². The number of carbonyl (C=O) groups excluding carboxylic acids is 1. The maximum Gasteiger partial charge on any atom is 0.251 e. The highest BCUT2D eigenvalue weighted by Crippen LogP contribution is 2.12. The third-order valence-corrected chi connectivity index (χ3v) is 2.69. The third kappa shape index (κ3) is 6.25.